The van der Waals surface area contributed by atoms with Gasteiger partial charge in [0.05, 0.1) is 5.56 Å². The maximum absolute atomic E-state index is 12.5. The summed E-state index contributed by atoms with van der Waals surface area (Å²) >= 11 is 5.79. The minimum Gasteiger partial charge on any atom is -0.308 e. The van der Waals surface area contributed by atoms with Crippen molar-refractivity contribution in [3.05, 3.63) is 35.4 Å². The SMILES string of the molecule is CC(C)C(CCl)NCc1cccc(C(F)(F)F)c1. The average Bonchev–Trinajstić information content (AvgIpc) is 2.28. The molecule has 0 heterocycles. The highest BCUT2D eigenvalue weighted by Gasteiger charge is 2.30. The van der Waals surface area contributed by atoms with Crippen LogP contribution in [0.3, 0.4) is 0 Å². The van der Waals surface area contributed by atoms with Gasteiger partial charge in [-0.05, 0) is 17.5 Å². The van der Waals surface area contributed by atoms with E-state index in [1.54, 1.807) is 6.07 Å². The van der Waals surface area contributed by atoms with Crippen molar-refractivity contribution in [1.82, 2.24) is 5.32 Å². The third-order valence-electron chi connectivity index (χ3n) is 2.79. The second-order valence-corrected chi connectivity index (χ2v) is 4.89. The maximum Gasteiger partial charge on any atom is 0.416 e. The number of benzene rings is 1. The molecule has 1 N–H and O–H groups in total. The number of hydrogen-bond acceptors (Lipinski definition) is 1. The number of rotatable bonds is 5. The van der Waals surface area contributed by atoms with Crippen molar-refractivity contribution < 1.29 is 13.2 Å². The van der Waals surface area contributed by atoms with E-state index in [-0.39, 0.29) is 6.04 Å². The fourth-order valence-electron chi connectivity index (χ4n) is 1.57. The molecule has 102 valence electrons. The van der Waals surface area contributed by atoms with Crippen LogP contribution in [0.4, 0.5) is 13.2 Å². The molecule has 1 aromatic rings. The smallest absolute Gasteiger partial charge is 0.308 e. The molecule has 1 atom stereocenters. The van der Waals surface area contributed by atoms with Crippen LogP contribution in [0.2, 0.25) is 0 Å². The molecule has 1 rings (SSSR count). The Balaban J connectivity index is 2.68. The Hall–Kier alpha value is -0.740. The fraction of sp³-hybridized carbons (Fsp3) is 0.538. The Morgan fingerprint density at radius 2 is 1.94 bits per heavy atom. The third-order valence-corrected chi connectivity index (χ3v) is 3.13. The van der Waals surface area contributed by atoms with E-state index in [0.717, 1.165) is 6.07 Å². The van der Waals surface area contributed by atoms with Crippen LogP contribution in [0.25, 0.3) is 0 Å². The molecule has 0 amide bonds. The molecule has 1 unspecified atom stereocenters. The molecule has 0 bridgehead atoms. The second-order valence-electron chi connectivity index (χ2n) is 4.58. The lowest BCUT2D eigenvalue weighted by Crippen LogP contribution is -2.34. The van der Waals surface area contributed by atoms with Crippen LogP contribution in [0.5, 0.6) is 0 Å². The van der Waals surface area contributed by atoms with Gasteiger partial charge in [-0.3, -0.25) is 0 Å². The summed E-state index contributed by atoms with van der Waals surface area (Å²) in [4.78, 5) is 0. The zero-order valence-corrected chi connectivity index (χ0v) is 11.1. The van der Waals surface area contributed by atoms with Gasteiger partial charge in [-0.15, -0.1) is 11.6 Å². The number of hydrogen-bond donors (Lipinski definition) is 1. The summed E-state index contributed by atoms with van der Waals surface area (Å²) in [5.74, 6) is 0.782. The van der Waals surface area contributed by atoms with Crippen LogP contribution in [0.1, 0.15) is 25.0 Å². The van der Waals surface area contributed by atoms with Crippen molar-refractivity contribution in [2.75, 3.05) is 5.88 Å². The summed E-state index contributed by atoms with van der Waals surface area (Å²) in [6, 6.07) is 5.43. The summed E-state index contributed by atoms with van der Waals surface area (Å²) < 4.78 is 37.6. The highest BCUT2D eigenvalue weighted by atomic mass is 35.5. The normalized spacial score (nSPS) is 13.9. The molecule has 0 spiro atoms. The highest BCUT2D eigenvalue weighted by molar-refractivity contribution is 6.18. The van der Waals surface area contributed by atoms with Crippen LogP contribution in [-0.4, -0.2) is 11.9 Å². The van der Waals surface area contributed by atoms with Crippen molar-refractivity contribution >= 4 is 11.6 Å². The Morgan fingerprint density at radius 3 is 2.44 bits per heavy atom. The molecule has 0 radical (unpaired) electrons. The predicted octanol–water partition coefficient (Wildman–Crippen LogP) is 4.06. The molecular weight excluding hydrogens is 263 g/mol. The van der Waals surface area contributed by atoms with Crippen molar-refractivity contribution in [3.8, 4) is 0 Å². The summed E-state index contributed by atoms with van der Waals surface area (Å²) in [7, 11) is 0. The molecule has 0 aliphatic carbocycles. The van der Waals surface area contributed by atoms with Gasteiger partial charge in [0.25, 0.3) is 0 Å². The van der Waals surface area contributed by atoms with Crippen LogP contribution in [-0.2, 0) is 12.7 Å². The molecular formula is C13H17ClF3N. The lowest BCUT2D eigenvalue weighted by molar-refractivity contribution is -0.137. The second kappa shape index (κ2) is 6.43. The zero-order chi connectivity index (χ0) is 13.8. The Labute approximate surface area is 110 Å². The van der Waals surface area contributed by atoms with E-state index >= 15 is 0 Å². The summed E-state index contributed by atoms with van der Waals surface area (Å²) in [6.07, 6.45) is -4.29. The van der Waals surface area contributed by atoms with E-state index in [4.69, 9.17) is 11.6 Å². The van der Waals surface area contributed by atoms with Gasteiger partial charge in [-0.2, -0.15) is 13.2 Å². The Bertz CT molecular complexity index is 377. The molecule has 0 fully saturated rings. The molecule has 1 aromatic carbocycles. The van der Waals surface area contributed by atoms with Gasteiger partial charge in [0, 0.05) is 18.5 Å². The quantitative estimate of drug-likeness (QED) is 0.802. The van der Waals surface area contributed by atoms with Crippen LogP contribution in [0.15, 0.2) is 24.3 Å². The van der Waals surface area contributed by atoms with Crippen molar-refractivity contribution in [1.29, 1.82) is 0 Å². The van der Waals surface area contributed by atoms with Gasteiger partial charge in [0.2, 0.25) is 0 Å². The van der Waals surface area contributed by atoms with Crippen molar-refractivity contribution in [2.24, 2.45) is 5.92 Å². The predicted molar refractivity (Wildman–Crippen MR) is 67.6 cm³/mol. The van der Waals surface area contributed by atoms with E-state index in [1.807, 2.05) is 13.8 Å². The number of alkyl halides is 4. The topological polar surface area (TPSA) is 12.0 Å². The minimum atomic E-state index is -4.29. The third kappa shape index (κ3) is 4.50. The molecule has 0 aliphatic rings. The number of nitrogens with one attached hydrogen (secondary N) is 1. The molecule has 1 nitrogen and oxygen atoms in total. The van der Waals surface area contributed by atoms with Gasteiger partial charge in [-0.25, -0.2) is 0 Å². The van der Waals surface area contributed by atoms with Crippen LogP contribution >= 0.6 is 11.6 Å². The van der Waals surface area contributed by atoms with Crippen LogP contribution in [0, 0.1) is 5.92 Å². The average molecular weight is 280 g/mol. The Kier molecular flexibility index (Phi) is 5.47. The van der Waals surface area contributed by atoms with Gasteiger partial charge < -0.3 is 5.32 Å². The van der Waals surface area contributed by atoms with Gasteiger partial charge in [0.15, 0.2) is 0 Å². The molecule has 0 aliphatic heterocycles. The lowest BCUT2D eigenvalue weighted by Gasteiger charge is -2.20. The first kappa shape index (κ1) is 15.3. The standard InChI is InChI=1S/C13H17ClF3N/c1-9(2)12(7-14)18-8-10-4-3-5-11(6-10)13(15,16)17/h3-6,9,12,18H,7-8H2,1-2H3. The molecule has 0 aromatic heterocycles. The molecule has 18 heavy (non-hydrogen) atoms. The van der Waals surface area contributed by atoms with E-state index in [1.165, 1.54) is 12.1 Å². The first-order valence-electron chi connectivity index (χ1n) is 5.80. The summed E-state index contributed by atoms with van der Waals surface area (Å²) in [5, 5.41) is 3.16. The summed E-state index contributed by atoms with van der Waals surface area (Å²) in [6.45, 7) is 4.43. The number of halogens is 4. The monoisotopic (exact) mass is 279 g/mol. The van der Waals surface area contributed by atoms with Gasteiger partial charge >= 0.3 is 6.18 Å². The van der Waals surface area contributed by atoms with Gasteiger partial charge in [0.1, 0.15) is 0 Å². The highest BCUT2D eigenvalue weighted by Crippen LogP contribution is 2.29. The lowest BCUT2D eigenvalue weighted by atomic mass is 10.1. The maximum atomic E-state index is 12.5. The van der Waals surface area contributed by atoms with E-state index < -0.39 is 11.7 Å². The summed E-state index contributed by atoms with van der Waals surface area (Å²) in [5.41, 5.74) is -0.00522. The van der Waals surface area contributed by atoms with E-state index in [2.05, 4.69) is 5.32 Å². The van der Waals surface area contributed by atoms with Gasteiger partial charge in [-0.1, -0.05) is 32.0 Å². The Morgan fingerprint density at radius 1 is 1.28 bits per heavy atom. The van der Waals surface area contributed by atoms with Crippen LogP contribution < -0.4 is 5.32 Å². The first-order valence-corrected chi connectivity index (χ1v) is 6.33. The first-order chi connectivity index (χ1) is 8.34. The molecule has 0 saturated heterocycles. The van der Waals surface area contributed by atoms with E-state index in [0.29, 0.717) is 23.9 Å². The largest absolute Gasteiger partial charge is 0.416 e. The molecule has 0 saturated carbocycles. The zero-order valence-electron chi connectivity index (χ0n) is 10.4. The minimum absolute atomic E-state index is 0.0983. The molecule has 5 heteroatoms. The van der Waals surface area contributed by atoms with Crippen molar-refractivity contribution in [3.63, 3.8) is 0 Å². The fourth-order valence-corrected chi connectivity index (χ4v) is 2.04. The van der Waals surface area contributed by atoms with E-state index in [9.17, 15) is 13.2 Å². The van der Waals surface area contributed by atoms with Crippen molar-refractivity contribution in [2.45, 2.75) is 32.6 Å².